The third-order valence-electron chi connectivity index (χ3n) is 6.71. The second kappa shape index (κ2) is 20.8. The lowest BCUT2D eigenvalue weighted by Crippen LogP contribution is -2.21. The van der Waals surface area contributed by atoms with Gasteiger partial charge in [-0.1, -0.05) is 71.0 Å². The summed E-state index contributed by atoms with van der Waals surface area (Å²) in [5, 5.41) is 2.85. The molecule has 1 amide bonds. The van der Waals surface area contributed by atoms with Crippen molar-refractivity contribution in [1.29, 1.82) is 0 Å². The van der Waals surface area contributed by atoms with Crippen LogP contribution in [-0.4, -0.2) is 17.9 Å². The highest BCUT2D eigenvalue weighted by atomic mass is 19.1. The van der Waals surface area contributed by atoms with Gasteiger partial charge in [-0.2, -0.15) is 0 Å². The molecule has 1 aliphatic carbocycles. The Kier molecular flexibility index (Phi) is 19.2. The van der Waals surface area contributed by atoms with Crippen LogP contribution in [-0.2, 0) is 29.0 Å². The van der Waals surface area contributed by atoms with Crippen LogP contribution in [0.3, 0.4) is 0 Å². The first-order valence-electron chi connectivity index (χ1n) is 14.6. The summed E-state index contributed by atoms with van der Waals surface area (Å²) in [6.45, 7) is 21.7. The molecule has 1 N–H and O–H groups in total. The Balaban J connectivity index is 0.000000533. The number of ketones is 1. The summed E-state index contributed by atoms with van der Waals surface area (Å²) in [5.74, 6) is 1.33. The third-order valence-corrected chi connectivity index (χ3v) is 6.71. The van der Waals surface area contributed by atoms with E-state index in [2.05, 4.69) is 36.8 Å². The molecule has 222 valence electrons. The minimum atomic E-state index is 0.00144. The normalized spacial score (nSPS) is 14.2. The third kappa shape index (κ3) is 16.1. The van der Waals surface area contributed by atoms with E-state index in [0.717, 1.165) is 42.5 Å². The zero-order chi connectivity index (χ0) is 30.7. The zero-order valence-corrected chi connectivity index (χ0v) is 26.5. The van der Waals surface area contributed by atoms with E-state index in [4.69, 9.17) is 0 Å². The van der Waals surface area contributed by atoms with Gasteiger partial charge in [0.25, 0.3) is 0 Å². The Hall–Kier alpha value is -3.08. The first-order chi connectivity index (χ1) is 18.9. The van der Waals surface area contributed by atoms with Gasteiger partial charge in [-0.3, -0.25) is 14.6 Å². The van der Waals surface area contributed by atoms with Gasteiger partial charge < -0.3 is 5.32 Å². The van der Waals surface area contributed by atoms with E-state index in [1.54, 1.807) is 19.2 Å². The van der Waals surface area contributed by atoms with E-state index < -0.39 is 0 Å². The lowest BCUT2D eigenvalue weighted by Gasteiger charge is -2.22. The number of nitrogens with zero attached hydrogens (tertiary/aromatic N) is 1. The summed E-state index contributed by atoms with van der Waals surface area (Å²) in [6.07, 6.45) is 7.59. The van der Waals surface area contributed by atoms with Crippen molar-refractivity contribution >= 4 is 17.9 Å². The van der Waals surface area contributed by atoms with Crippen LogP contribution in [0.1, 0.15) is 102 Å². The largest absolute Gasteiger partial charge is 0.352 e. The van der Waals surface area contributed by atoms with Gasteiger partial charge >= 0.3 is 0 Å². The molecule has 40 heavy (non-hydrogen) atoms. The Bertz CT molecular complexity index is 1090. The van der Waals surface area contributed by atoms with Gasteiger partial charge in [0.2, 0.25) is 5.91 Å². The van der Waals surface area contributed by atoms with E-state index in [-0.39, 0.29) is 17.6 Å². The van der Waals surface area contributed by atoms with Crippen LogP contribution in [0, 0.1) is 31.5 Å². The summed E-state index contributed by atoms with van der Waals surface area (Å²) in [7, 11) is 0. The standard InChI is InChI=1S/C12H15F.C11H15NO.C7H14O.C5H9N/c1-8-3-4-10-5-9(2)7-12(13)11(10)6-8;1-3-11(13)12-8-10-7-5-4-6-9(10)2;1-4-5-6(2)7(3)8;1-4-6-5(2)3/h5,7-8H,3-4,6H2,1-2H3;4-7H,3,8H2,1-2H3,(H,12,13);6H,4-5H2,1-3H3;4H,2H2,1,3H3/t;;6-;/m..0./s1. The van der Waals surface area contributed by atoms with Crippen molar-refractivity contribution in [2.75, 3.05) is 0 Å². The maximum absolute atomic E-state index is 13.5. The molecule has 0 heterocycles. The first kappa shape index (κ1) is 36.9. The minimum absolute atomic E-state index is 0.00144. The van der Waals surface area contributed by atoms with Crippen LogP contribution in [0.4, 0.5) is 4.39 Å². The maximum atomic E-state index is 13.5. The van der Waals surface area contributed by atoms with Crippen molar-refractivity contribution in [2.45, 2.75) is 107 Å². The molecule has 4 nitrogen and oxygen atoms in total. The quantitative estimate of drug-likeness (QED) is 0.349. The van der Waals surface area contributed by atoms with Gasteiger partial charge in [0, 0.05) is 30.8 Å². The second-order valence-corrected chi connectivity index (χ2v) is 10.7. The molecule has 5 heteroatoms. The summed E-state index contributed by atoms with van der Waals surface area (Å²) in [4.78, 5) is 25.3. The number of fused-ring (bicyclic) bond motifs is 1. The summed E-state index contributed by atoms with van der Waals surface area (Å²) in [5.41, 5.74) is 6.51. The van der Waals surface area contributed by atoms with E-state index >= 15 is 0 Å². The molecule has 0 bridgehead atoms. The van der Waals surface area contributed by atoms with Crippen LogP contribution < -0.4 is 5.32 Å². The topological polar surface area (TPSA) is 58.5 Å². The molecule has 0 saturated carbocycles. The number of hydrogen-bond acceptors (Lipinski definition) is 3. The summed E-state index contributed by atoms with van der Waals surface area (Å²) in [6, 6.07) is 11.8. The Morgan fingerprint density at radius 2 is 1.82 bits per heavy atom. The highest BCUT2D eigenvalue weighted by molar-refractivity contribution is 5.77. The van der Waals surface area contributed by atoms with Gasteiger partial charge in [0.1, 0.15) is 11.6 Å². The van der Waals surface area contributed by atoms with E-state index in [0.29, 0.717) is 24.7 Å². The van der Waals surface area contributed by atoms with Gasteiger partial charge in [0.15, 0.2) is 0 Å². The van der Waals surface area contributed by atoms with Gasteiger partial charge in [-0.05, 0) is 100 Å². The lowest BCUT2D eigenvalue weighted by atomic mass is 9.84. The molecular formula is C35H53FN2O2. The van der Waals surface area contributed by atoms with Gasteiger partial charge in [-0.15, -0.1) is 0 Å². The zero-order valence-electron chi connectivity index (χ0n) is 26.5. The first-order valence-corrected chi connectivity index (χ1v) is 14.6. The fraction of sp³-hybridized carbons (Fsp3) is 0.514. The predicted molar refractivity (Wildman–Crippen MR) is 169 cm³/mol. The molecule has 0 fully saturated rings. The molecule has 0 saturated heterocycles. The summed E-state index contributed by atoms with van der Waals surface area (Å²) < 4.78 is 13.5. The van der Waals surface area contributed by atoms with Crippen LogP contribution in [0.5, 0.6) is 0 Å². The molecule has 1 aliphatic rings. The molecule has 0 spiro atoms. The fourth-order valence-corrected chi connectivity index (χ4v) is 4.13. The SMILES string of the molecule is C=C(C)N=CC.CCC(=O)NCc1ccccc1C.CCC[C@H](C)C(C)=O.Cc1cc(F)c2c(c1)CCC(C)C2. The Morgan fingerprint density at radius 3 is 2.30 bits per heavy atom. The number of carbonyl (C=O) groups excluding carboxylic acids is 2. The van der Waals surface area contributed by atoms with E-state index in [1.807, 2.05) is 65.8 Å². The number of aryl methyl sites for hydroxylation is 3. The number of rotatable bonds is 7. The number of carbonyl (C=O) groups is 2. The maximum Gasteiger partial charge on any atom is 0.219 e. The Labute approximate surface area is 243 Å². The molecule has 0 aliphatic heterocycles. The number of nitrogens with one attached hydrogen (secondary N) is 1. The molecule has 1 unspecified atom stereocenters. The molecule has 3 rings (SSSR count). The number of halogens is 1. The average Bonchev–Trinajstić information content (AvgIpc) is 2.89. The number of benzene rings is 2. The second-order valence-electron chi connectivity index (χ2n) is 10.7. The molecule has 0 aromatic heterocycles. The Morgan fingerprint density at radius 1 is 1.18 bits per heavy atom. The lowest BCUT2D eigenvalue weighted by molar-refractivity contribution is -0.121. The van der Waals surface area contributed by atoms with Gasteiger partial charge in [-0.25, -0.2) is 4.39 Å². The smallest absolute Gasteiger partial charge is 0.219 e. The summed E-state index contributed by atoms with van der Waals surface area (Å²) >= 11 is 0. The van der Waals surface area contributed by atoms with Crippen molar-refractivity contribution in [3.8, 4) is 0 Å². The highest BCUT2D eigenvalue weighted by Gasteiger charge is 2.18. The molecule has 2 aromatic rings. The van der Waals surface area contributed by atoms with Crippen LogP contribution in [0.15, 0.2) is 53.7 Å². The highest BCUT2D eigenvalue weighted by Crippen LogP contribution is 2.28. The van der Waals surface area contributed by atoms with Crippen LogP contribution in [0.2, 0.25) is 0 Å². The molecule has 2 aromatic carbocycles. The molecule has 2 atom stereocenters. The predicted octanol–water partition coefficient (Wildman–Crippen LogP) is 8.90. The van der Waals surface area contributed by atoms with E-state index in [9.17, 15) is 14.0 Å². The van der Waals surface area contributed by atoms with Crippen molar-refractivity contribution in [2.24, 2.45) is 16.8 Å². The van der Waals surface area contributed by atoms with E-state index in [1.165, 1.54) is 23.1 Å². The fourth-order valence-electron chi connectivity index (χ4n) is 4.13. The van der Waals surface area contributed by atoms with Crippen molar-refractivity contribution in [3.63, 3.8) is 0 Å². The van der Waals surface area contributed by atoms with Crippen molar-refractivity contribution in [3.05, 3.63) is 82.3 Å². The van der Waals surface area contributed by atoms with Crippen LogP contribution >= 0.6 is 0 Å². The molecule has 0 radical (unpaired) electrons. The number of allylic oxidation sites excluding steroid dienone is 1. The number of Topliss-reactive ketones (excluding diaryl/α,β-unsaturated/α-hetero) is 1. The van der Waals surface area contributed by atoms with Crippen LogP contribution in [0.25, 0.3) is 0 Å². The average molecular weight is 553 g/mol. The van der Waals surface area contributed by atoms with Crippen molar-refractivity contribution < 1.29 is 14.0 Å². The number of aliphatic imine (C=N–C) groups is 1. The monoisotopic (exact) mass is 552 g/mol. The number of amides is 1. The van der Waals surface area contributed by atoms with Crippen molar-refractivity contribution in [1.82, 2.24) is 5.32 Å². The minimum Gasteiger partial charge on any atom is -0.352 e. The van der Waals surface area contributed by atoms with Gasteiger partial charge in [0.05, 0.1) is 0 Å². The molecular weight excluding hydrogens is 499 g/mol. The number of hydrogen-bond donors (Lipinski definition) is 1.